The average molecular weight is 190 g/mol. The van der Waals surface area contributed by atoms with E-state index in [0.717, 1.165) is 18.7 Å². The van der Waals surface area contributed by atoms with Crippen molar-refractivity contribution in [2.75, 3.05) is 5.32 Å². The summed E-state index contributed by atoms with van der Waals surface area (Å²) >= 11 is 0. The molecule has 0 saturated heterocycles. The van der Waals surface area contributed by atoms with E-state index >= 15 is 0 Å². The Labute approximate surface area is 85.7 Å². The van der Waals surface area contributed by atoms with E-state index in [4.69, 9.17) is 0 Å². The van der Waals surface area contributed by atoms with Crippen molar-refractivity contribution in [1.82, 2.24) is 4.98 Å². The fraction of sp³-hybridized carbons (Fsp3) is 0.583. The maximum atomic E-state index is 4.41. The lowest BCUT2D eigenvalue weighted by Crippen LogP contribution is -2.38. The molecule has 0 spiro atoms. The molecule has 0 radical (unpaired) electrons. The van der Waals surface area contributed by atoms with Gasteiger partial charge >= 0.3 is 0 Å². The minimum atomic E-state index is 0.244. The maximum absolute atomic E-state index is 4.41. The number of nitrogens with one attached hydrogen (secondary N) is 1. The minimum Gasteiger partial charge on any atom is -0.365 e. The van der Waals surface area contributed by atoms with Crippen LogP contribution < -0.4 is 5.32 Å². The van der Waals surface area contributed by atoms with E-state index in [2.05, 4.69) is 37.1 Å². The van der Waals surface area contributed by atoms with E-state index in [1.165, 1.54) is 17.5 Å². The third kappa shape index (κ3) is 1.49. The molecular formula is C12H18N2. The van der Waals surface area contributed by atoms with Crippen LogP contribution in [0.3, 0.4) is 0 Å². The van der Waals surface area contributed by atoms with Crippen molar-refractivity contribution >= 4 is 5.82 Å². The smallest absolute Gasteiger partial charge is 0.129 e. The molecule has 0 bridgehead atoms. The molecule has 0 amide bonds. The monoisotopic (exact) mass is 190 g/mol. The summed E-state index contributed by atoms with van der Waals surface area (Å²) in [5.41, 5.74) is 3.01. The molecular weight excluding hydrogens is 172 g/mol. The van der Waals surface area contributed by atoms with Gasteiger partial charge in [0.2, 0.25) is 0 Å². The van der Waals surface area contributed by atoms with Crippen LogP contribution in [0.4, 0.5) is 5.82 Å². The van der Waals surface area contributed by atoms with Gasteiger partial charge in [0.15, 0.2) is 0 Å². The summed E-state index contributed by atoms with van der Waals surface area (Å²) in [6.07, 6.45) is 5.42. The summed E-state index contributed by atoms with van der Waals surface area (Å²) in [5.74, 6) is 1.10. The fourth-order valence-corrected chi connectivity index (χ4v) is 2.03. The van der Waals surface area contributed by atoms with Gasteiger partial charge in [0.1, 0.15) is 5.82 Å². The summed E-state index contributed by atoms with van der Waals surface area (Å²) in [4.78, 5) is 4.41. The molecule has 0 fully saturated rings. The largest absolute Gasteiger partial charge is 0.365 e. The predicted molar refractivity (Wildman–Crippen MR) is 59.6 cm³/mol. The molecule has 0 aliphatic carbocycles. The number of anilines is 1. The average Bonchev–Trinajstić information content (AvgIpc) is 2.18. The van der Waals surface area contributed by atoms with E-state index in [9.17, 15) is 0 Å². The van der Waals surface area contributed by atoms with Gasteiger partial charge in [-0.1, -0.05) is 6.92 Å². The number of aryl methyl sites for hydroxylation is 1. The van der Waals surface area contributed by atoms with E-state index in [0.29, 0.717) is 0 Å². The van der Waals surface area contributed by atoms with Crippen LogP contribution in [0.1, 0.15) is 37.8 Å². The highest BCUT2D eigenvalue weighted by atomic mass is 15.1. The van der Waals surface area contributed by atoms with Crippen molar-refractivity contribution < 1.29 is 0 Å². The van der Waals surface area contributed by atoms with Crippen LogP contribution in [0.25, 0.3) is 0 Å². The van der Waals surface area contributed by atoms with Gasteiger partial charge in [-0.2, -0.15) is 0 Å². The lowest BCUT2D eigenvalue weighted by Gasteiger charge is -2.36. The van der Waals surface area contributed by atoms with Crippen LogP contribution >= 0.6 is 0 Å². The van der Waals surface area contributed by atoms with Crippen LogP contribution in [0.5, 0.6) is 0 Å². The number of nitrogens with zero attached hydrogens (tertiary/aromatic N) is 1. The number of fused-ring (bicyclic) bond motifs is 1. The molecule has 1 N–H and O–H groups in total. The van der Waals surface area contributed by atoms with Crippen molar-refractivity contribution in [3.05, 3.63) is 23.4 Å². The highest BCUT2D eigenvalue weighted by Gasteiger charge is 2.28. The summed E-state index contributed by atoms with van der Waals surface area (Å²) < 4.78 is 0. The Hall–Kier alpha value is -1.05. The second kappa shape index (κ2) is 3.26. The van der Waals surface area contributed by atoms with Crippen LogP contribution in [0.2, 0.25) is 0 Å². The van der Waals surface area contributed by atoms with Crippen LogP contribution in [-0.4, -0.2) is 10.5 Å². The Morgan fingerprint density at radius 1 is 1.57 bits per heavy atom. The van der Waals surface area contributed by atoms with Gasteiger partial charge in [-0.3, -0.25) is 0 Å². The Balaban J connectivity index is 2.36. The topological polar surface area (TPSA) is 24.9 Å². The van der Waals surface area contributed by atoms with Gasteiger partial charge in [-0.05, 0) is 50.3 Å². The van der Waals surface area contributed by atoms with Gasteiger partial charge in [0.25, 0.3) is 0 Å². The molecule has 0 unspecified atom stereocenters. The molecule has 1 aliphatic rings. The molecule has 0 aromatic carbocycles. The highest BCUT2D eigenvalue weighted by molar-refractivity contribution is 5.52. The van der Waals surface area contributed by atoms with Crippen molar-refractivity contribution in [3.63, 3.8) is 0 Å². The van der Waals surface area contributed by atoms with E-state index in [1.807, 2.05) is 6.20 Å². The van der Waals surface area contributed by atoms with E-state index in [-0.39, 0.29) is 5.54 Å². The zero-order valence-corrected chi connectivity index (χ0v) is 9.22. The van der Waals surface area contributed by atoms with Gasteiger partial charge in [-0.25, -0.2) is 4.98 Å². The number of hydrogen-bond acceptors (Lipinski definition) is 2. The molecule has 14 heavy (non-hydrogen) atoms. The summed E-state index contributed by atoms with van der Waals surface area (Å²) in [6.45, 7) is 6.67. The van der Waals surface area contributed by atoms with Crippen molar-refractivity contribution in [2.45, 2.75) is 45.6 Å². The molecule has 1 atom stereocenters. The molecule has 76 valence electrons. The summed E-state index contributed by atoms with van der Waals surface area (Å²) in [7, 11) is 0. The molecule has 2 heterocycles. The first-order valence-electron chi connectivity index (χ1n) is 5.37. The lowest BCUT2D eigenvalue weighted by atomic mass is 9.86. The Morgan fingerprint density at radius 2 is 2.36 bits per heavy atom. The first kappa shape index (κ1) is 9.50. The van der Waals surface area contributed by atoms with Gasteiger partial charge in [0, 0.05) is 11.7 Å². The predicted octanol–water partition coefficient (Wildman–Crippen LogP) is 2.92. The van der Waals surface area contributed by atoms with Gasteiger partial charge < -0.3 is 5.32 Å². The Bertz CT molecular complexity index is 346. The van der Waals surface area contributed by atoms with Crippen LogP contribution in [0.15, 0.2) is 12.3 Å². The summed E-state index contributed by atoms with van der Waals surface area (Å²) in [5, 5.41) is 3.55. The lowest BCUT2D eigenvalue weighted by molar-refractivity contribution is 0.440. The molecule has 1 aromatic heterocycles. The molecule has 1 aromatic rings. The zero-order valence-electron chi connectivity index (χ0n) is 9.22. The summed E-state index contributed by atoms with van der Waals surface area (Å²) in [6, 6.07) is 2.09. The third-order valence-corrected chi connectivity index (χ3v) is 3.42. The zero-order chi connectivity index (χ0) is 10.2. The standard InChI is InChI=1S/C12H18N2/c1-4-12(3)7-5-10-9(2)6-8-13-11(10)14-12/h6,8H,4-5,7H2,1-3H3,(H,13,14)/t12-/m0/s1. The maximum Gasteiger partial charge on any atom is 0.129 e. The fourth-order valence-electron chi connectivity index (χ4n) is 2.03. The second-order valence-electron chi connectivity index (χ2n) is 4.49. The Morgan fingerprint density at radius 3 is 3.07 bits per heavy atom. The molecule has 2 heteroatoms. The van der Waals surface area contributed by atoms with Gasteiger partial charge in [-0.15, -0.1) is 0 Å². The third-order valence-electron chi connectivity index (χ3n) is 3.42. The quantitative estimate of drug-likeness (QED) is 0.736. The SMILES string of the molecule is CC[C@@]1(C)CCc2c(C)ccnc2N1. The number of pyridine rings is 1. The second-order valence-corrected chi connectivity index (χ2v) is 4.49. The number of rotatable bonds is 1. The van der Waals surface area contributed by atoms with Crippen LogP contribution in [0, 0.1) is 6.92 Å². The molecule has 1 aliphatic heterocycles. The number of aromatic nitrogens is 1. The van der Waals surface area contributed by atoms with Crippen molar-refractivity contribution in [1.29, 1.82) is 0 Å². The number of hydrogen-bond donors (Lipinski definition) is 1. The Kier molecular flexibility index (Phi) is 2.22. The van der Waals surface area contributed by atoms with Gasteiger partial charge in [0.05, 0.1) is 0 Å². The molecule has 0 saturated carbocycles. The van der Waals surface area contributed by atoms with Crippen LogP contribution in [-0.2, 0) is 6.42 Å². The molecule has 2 rings (SSSR count). The minimum absolute atomic E-state index is 0.244. The van der Waals surface area contributed by atoms with Crippen molar-refractivity contribution in [3.8, 4) is 0 Å². The van der Waals surface area contributed by atoms with E-state index in [1.54, 1.807) is 0 Å². The first-order chi connectivity index (χ1) is 6.64. The molecule has 2 nitrogen and oxygen atoms in total. The normalized spacial score (nSPS) is 25.4. The van der Waals surface area contributed by atoms with E-state index < -0.39 is 0 Å². The van der Waals surface area contributed by atoms with Crippen molar-refractivity contribution in [2.24, 2.45) is 0 Å². The highest BCUT2D eigenvalue weighted by Crippen LogP contribution is 2.32. The first-order valence-corrected chi connectivity index (χ1v) is 5.37.